The van der Waals surface area contributed by atoms with Gasteiger partial charge in [-0.15, -0.1) is 13.2 Å². The van der Waals surface area contributed by atoms with E-state index in [1.165, 1.54) is 12.1 Å². The number of carbonyl (C=O) groups is 1. The summed E-state index contributed by atoms with van der Waals surface area (Å²) in [6, 6.07) is 12.5. The molecule has 1 aliphatic rings. The third-order valence-electron chi connectivity index (χ3n) is 4.74. The van der Waals surface area contributed by atoms with E-state index in [1.54, 1.807) is 7.11 Å². The van der Waals surface area contributed by atoms with Crippen molar-refractivity contribution < 1.29 is 27.4 Å². The number of ether oxygens (including phenoxy) is 2. The smallest absolute Gasteiger partial charge is 0.497 e. The van der Waals surface area contributed by atoms with Crippen molar-refractivity contribution >= 4 is 34.6 Å². The Kier molecular flexibility index (Phi) is 7.75. The van der Waals surface area contributed by atoms with Gasteiger partial charge in [-0.3, -0.25) is 9.69 Å². The van der Waals surface area contributed by atoms with E-state index in [0.29, 0.717) is 37.0 Å². The van der Waals surface area contributed by atoms with Crippen LogP contribution in [-0.2, 0) is 4.79 Å². The summed E-state index contributed by atoms with van der Waals surface area (Å²) < 4.78 is 45.6. The topological polar surface area (TPSA) is 66.1 Å². The molecular formula is C21H23F3N4O3S. The first-order chi connectivity index (χ1) is 15.2. The largest absolute Gasteiger partial charge is 0.573 e. The Morgan fingerprint density at radius 2 is 1.47 bits per heavy atom. The van der Waals surface area contributed by atoms with Crippen LogP contribution in [0.4, 0.5) is 24.5 Å². The molecule has 1 aliphatic heterocycles. The van der Waals surface area contributed by atoms with Crippen molar-refractivity contribution in [2.75, 3.05) is 50.5 Å². The van der Waals surface area contributed by atoms with Gasteiger partial charge in [-0.2, -0.15) is 0 Å². The van der Waals surface area contributed by atoms with Gasteiger partial charge >= 0.3 is 6.36 Å². The van der Waals surface area contributed by atoms with E-state index in [2.05, 4.69) is 15.4 Å². The normalized spacial score (nSPS) is 14.6. The minimum Gasteiger partial charge on any atom is -0.497 e. The Morgan fingerprint density at radius 1 is 0.938 bits per heavy atom. The molecule has 32 heavy (non-hydrogen) atoms. The Balaban J connectivity index is 1.41. The molecule has 1 saturated heterocycles. The van der Waals surface area contributed by atoms with Gasteiger partial charge in [0.2, 0.25) is 5.91 Å². The number of thiocarbonyl (C=S) groups is 1. The molecule has 3 rings (SSSR count). The molecule has 0 saturated carbocycles. The maximum absolute atomic E-state index is 12.3. The maximum atomic E-state index is 12.3. The lowest BCUT2D eigenvalue weighted by Gasteiger charge is -2.35. The number of carbonyl (C=O) groups excluding carboxylic acids is 1. The molecule has 0 atom stereocenters. The number of benzene rings is 2. The summed E-state index contributed by atoms with van der Waals surface area (Å²) in [5, 5.41) is 6.48. The Hall–Kier alpha value is -3.05. The Bertz CT molecular complexity index is 915. The number of nitrogens with one attached hydrogen (secondary N) is 2. The number of methoxy groups -OCH3 is 1. The third kappa shape index (κ3) is 7.27. The van der Waals surface area contributed by atoms with Crippen LogP contribution in [0, 0.1) is 0 Å². The van der Waals surface area contributed by atoms with Gasteiger partial charge in [-0.1, -0.05) is 0 Å². The quantitative estimate of drug-likeness (QED) is 0.629. The zero-order chi connectivity index (χ0) is 23.1. The van der Waals surface area contributed by atoms with Crippen LogP contribution in [0.15, 0.2) is 48.5 Å². The van der Waals surface area contributed by atoms with Gasteiger partial charge < -0.3 is 25.0 Å². The summed E-state index contributed by atoms with van der Waals surface area (Å²) in [4.78, 5) is 16.3. The number of nitrogens with zero attached hydrogens (tertiary/aromatic N) is 2. The monoisotopic (exact) mass is 468 g/mol. The van der Waals surface area contributed by atoms with Crippen LogP contribution in [0.2, 0.25) is 0 Å². The van der Waals surface area contributed by atoms with Crippen LogP contribution >= 0.6 is 12.2 Å². The molecule has 0 bridgehead atoms. The van der Waals surface area contributed by atoms with Crippen LogP contribution < -0.4 is 20.1 Å². The van der Waals surface area contributed by atoms with E-state index in [-0.39, 0.29) is 18.2 Å². The predicted octanol–water partition coefficient (Wildman–Crippen LogP) is 3.55. The van der Waals surface area contributed by atoms with E-state index >= 15 is 0 Å². The number of hydrogen-bond acceptors (Lipinski definition) is 5. The lowest BCUT2D eigenvalue weighted by atomic mass is 10.3. The molecular weight excluding hydrogens is 445 g/mol. The summed E-state index contributed by atoms with van der Waals surface area (Å²) in [6.07, 6.45) is -4.75. The molecule has 0 aromatic heterocycles. The van der Waals surface area contributed by atoms with Crippen LogP contribution in [0.25, 0.3) is 0 Å². The number of alkyl halides is 3. The maximum Gasteiger partial charge on any atom is 0.573 e. The highest BCUT2D eigenvalue weighted by Crippen LogP contribution is 2.24. The second-order valence-corrected chi connectivity index (χ2v) is 7.43. The van der Waals surface area contributed by atoms with Gasteiger partial charge in [0.25, 0.3) is 0 Å². The highest BCUT2D eigenvalue weighted by Gasteiger charge is 2.31. The van der Waals surface area contributed by atoms with Crippen molar-refractivity contribution in [1.82, 2.24) is 9.80 Å². The zero-order valence-corrected chi connectivity index (χ0v) is 18.1. The number of amides is 1. The molecule has 1 fully saturated rings. The fourth-order valence-electron chi connectivity index (χ4n) is 3.13. The van der Waals surface area contributed by atoms with Crippen LogP contribution in [0.1, 0.15) is 0 Å². The molecule has 0 spiro atoms. The molecule has 2 aromatic rings. The van der Waals surface area contributed by atoms with E-state index < -0.39 is 6.36 Å². The fourth-order valence-corrected chi connectivity index (χ4v) is 3.43. The molecule has 1 amide bonds. The first-order valence-corrected chi connectivity index (χ1v) is 10.2. The van der Waals surface area contributed by atoms with Crippen molar-refractivity contribution in [3.8, 4) is 11.5 Å². The number of piperazine rings is 1. The molecule has 1 heterocycles. The molecule has 0 radical (unpaired) electrons. The highest BCUT2D eigenvalue weighted by molar-refractivity contribution is 7.80. The molecule has 7 nitrogen and oxygen atoms in total. The van der Waals surface area contributed by atoms with E-state index in [1.807, 2.05) is 34.1 Å². The Morgan fingerprint density at radius 3 is 2.00 bits per heavy atom. The van der Waals surface area contributed by atoms with Crippen molar-refractivity contribution in [2.45, 2.75) is 6.36 Å². The van der Waals surface area contributed by atoms with E-state index in [9.17, 15) is 18.0 Å². The predicted molar refractivity (Wildman–Crippen MR) is 119 cm³/mol. The van der Waals surface area contributed by atoms with Gasteiger partial charge in [0.05, 0.1) is 13.7 Å². The molecule has 11 heteroatoms. The lowest BCUT2D eigenvalue weighted by Crippen LogP contribution is -2.51. The summed E-state index contributed by atoms with van der Waals surface area (Å²) in [7, 11) is 1.61. The number of halogens is 3. The van der Waals surface area contributed by atoms with Crippen molar-refractivity contribution in [3.63, 3.8) is 0 Å². The standard InChI is InChI=1S/C21H23F3N4O3S/c1-30-17-6-2-16(3-7-17)26-20(32)28-12-10-27(11-13-28)14-19(29)25-15-4-8-18(9-5-15)31-21(22,23)24/h2-9H,10-14H2,1H3,(H,25,29)(H,26,32). The van der Waals surface area contributed by atoms with Gasteiger partial charge in [0.15, 0.2) is 5.11 Å². The van der Waals surface area contributed by atoms with Gasteiger partial charge in [0, 0.05) is 37.6 Å². The molecule has 0 aliphatic carbocycles. The van der Waals surface area contributed by atoms with Crippen molar-refractivity contribution in [2.24, 2.45) is 0 Å². The summed E-state index contributed by atoms with van der Waals surface area (Å²) in [5.41, 5.74) is 1.26. The van der Waals surface area contributed by atoms with Crippen LogP contribution in [0.5, 0.6) is 11.5 Å². The first-order valence-electron chi connectivity index (χ1n) is 9.80. The SMILES string of the molecule is COc1ccc(NC(=S)N2CCN(CC(=O)Nc3ccc(OC(F)(F)F)cc3)CC2)cc1. The lowest BCUT2D eigenvalue weighted by molar-refractivity contribution is -0.274. The third-order valence-corrected chi connectivity index (χ3v) is 5.10. The van der Waals surface area contributed by atoms with Crippen molar-refractivity contribution in [1.29, 1.82) is 0 Å². The molecule has 2 N–H and O–H groups in total. The van der Waals surface area contributed by atoms with Gasteiger partial charge in [0.1, 0.15) is 11.5 Å². The summed E-state index contributed by atoms with van der Waals surface area (Å²) >= 11 is 5.48. The second-order valence-electron chi connectivity index (χ2n) is 7.04. The minimum absolute atomic E-state index is 0.174. The molecule has 2 aromatic carbocycles. The van der Waals surface area contributed by atoms with Crippen LogP contribution in [-0.4, -0.2) is 67.0 Å². The van der Waals surface area contributed by atoms with E-state index in [0.717, 1.165) is 23.6 Å². The van der Waals surface area contributed by atoms with Crippen LogP contribution in [0.3, 0.4) is 0 Å². The summed E-state index contributed by atoms with van der Waals surface area (Å²) in [5.74, 6) is 0.173. The van der Waals surface area contributed by atoms with Gasteiger partial charge in [-0.25, -0.2) is 0 Å². The van der Waals surface area contributed by atoms with E-state index in [4.69, 9.17) is 17.0 Å². The van der Waals surface area contributed by atoms with Crippen molar-refractivity contribution in [3.05, 3.63) is 48.5 Å². The highest BCUT2D eigenvalue weighted by atomic mass is 32.1. The first kappa shape index (κ1) is 23.6. The van der Waals surface area contributed by atoms with Gasteiger partial charge in [-0.05, 0) is 60.7 Å². The zero-order valence-electron chi connectivity index (χ0n) is 17.3. The Labute approximate surface area is 189 Å². The number of hydrogen-bond donors (Lipinski definition) is 2. The number of anilines is 2. The number of rotatable bonds is 6. The second kappa shape index (κ2) is 10.5. The average Bonchev–Trinajstić information content (AvgIpc) is 2.75. The minimum atomic E-state index is -4.75. The molecule has 0 unspecified atom stereocenters. The molecule has 172 valence electrons. The summed E-state index contributed by atoms with van der Waals surface area (Å²) in [6.45, 7) is 2.80. The fraction of sp³-hybridized carbons (Fsp3) is 0.333. The average molecular weight is 469 g/mol.